The molecule has 0 fully saturated rings. The first-order valence-corrected chi connectivity index (χ1v) is 10.7. The van der Waals surface area contributed by atoms with Crippen LogP contribution in [0.15, 0.2) is 78.9 Å². The van der Waals surface area contributed by atoms with Crippen molar-refractivity contribution in [3.05, 3.63) is 101 Å². The van der Waals surface area contributed by atoms with E-state index in [-0.39, 0.29) is 11.3 Å². The topological polar surface area (TPSA) is 59.8 Å². The molecule has 1 N–H and O–H groups in total. The van der Waals surface area contributed by atoms with Crippen LogP contribution in [-0.2, 0) is 5.41 Å². The van der Waals surface area contributed by atoms with Crippen molar-refractivity contribution < 1.29 is 4.79 Å². The fourth-order valence-electron chi connectivity index (χ4n) is 3.94. The second-order valence-electron chi connectivity index (χ2n) is 8.94. The van der Waals surface area contributed by atoms with Gasteiger partial charge in [-0.3, -0.25) is 9.36 Å². The van der Waals surface area contributed by atoms with E-state index >= 15 is 0 Å². The lowest BCUT2D eigenvalue weighted by Gasteiger charge is -2.19. The Morgan fingerprint density at radius 1 is 0.812 bits per heavy atom. The van der Waals surface area contributed by atoms with Gasteiger partial charge in [-0.2, -0.15) is 0 Å². The Bertz CT molecular complexity index is 1330. The normalized spacial score (nSPS) is 14.5. The molecule has 5 rings (SSSR count). The highest BCUT2D eigenvalue weighted by molar-refractivity contribution is 6.11. The molecule has 1 aliphatic heterocycles. The summed E-state index contributed by atoms with van der Waals surface area (Å²) in [6.45, 7) is 6.60. The van der Waals surface area contributed by atoms with E-state index in [1.807, 2.05) is 65.2 Å². The van der Waals surface area contributed by atoms with Crippen molar-refractivity contribution in [2.75, 3.05) is 0 Å². The van der Waals surface area contributed by atoms with Gasteiger partial charge in [0.25, 0.3) is 5.91 Å². The Labute approximate surface area is 187 Å². The zero-order chi connectivity index (χ0) is 22.3. The fraction of sp³-hybridized carbons (Fsp3) is 0.148. The van der Waals surface area contributed by atoms with E-state index in [0.717, 1.165) is 28.3 Å². The number of nitrogens with zero attached hydrogens (tertiary/aromatic N) is 3. The molecule has 5 nitrogen and oxygen atoms in total. The van der Waals surface area contributed by atoms with Crippen LogP contribution in [0.2, 0.25) is 0 Å². The van der Waals surface area contributed by atoms with Gasteiger partial charge in [0.05, 0.1) is 5.70 Å². The molecule has 0 spiro atoms. The average Bonchev–Trinajstić information content (AvgIpc) is 3.35. The molecule has 2 heterocycles. The van der Waals surface area contributed by atoms with Crippen LogP contribution in [0.25, 0.3) is 28.8 Å². The van der Waals surface area contributed by atoms with Crippen molar-refractivity contribution in [3.8, 4) is 17.1 Å². The molecular formula is C27H24N4O. The number of carbonyl (C=O) groups is 1. The lowest BCUT2D eigenvalue weighted by molar-refractivity contribution is 0.0981. The molecule has 1 aromatic heterocycles. The summed E-state index contributed by atoms with van der Waals surface area (Å²) in [5, 5.41) is 12.0. The molecular weight excluding hydrogens is 396 g/mol. The standard InChI is InChI=1S/C27H24N4O/c1-27(2,3)19-15-13-18(14-16-19)25-30-29-24(31(25)20-9-5-4-6-10-20)17-23-21-11-7-8-12-22(21)26(32)28-23/h4-17H,1-3H3,(H,28,32)/b23-17-. The average molecular weight is 421 g/mol. The number of carbonyl (C=O) groups excluding carboxylic acids is 1. The molecule has 32 heavy (non-hydrogen) atoms. The van der Waals surface area contributed by atoms with Crippen LogP contribution < -0.4 is 5.32 Å². The molecule has 158 valence electrons. The quantitative estimate of drug-likeness (QED) is 0.478. The van der Waals surface area contributed by atoms with E-state index in [0.29, 0.717) is 11.4 Å². The first-order chi connectivity index (χ1) is 15.4. The van der Waals surface area contributed by atoms with Gasteiger partial charge in [0.1, 0.15) is 0 Å². The molecule has 0 saturated carbocycles. The van der Waals surface area contributed by atoms with Gasteiger partial charge >= 0.3 is 0 Å². The molecule has 0 saturated heterocycles. The summed E-state index contributed by atoms with van der Waals surface area (Å²) >= 11 is 0. The summed E-state index contributed by atoms with van der Waals surface area (Å²) in [4.78, 5) is 12.4. The molecule has 0 atom stereocenters. The molecule has 1 aliphatic rings. The van der Waals surface area contributed by atoms with E-state index in [9.17, 15) is 4.79 Å². The minimum Gasteiger partial charge on any atom is -0.321 e. The lowest BCUT2D eigenvalue weighted by atomic mass is 9.86. The Balaban J connectivity index is 1.65. The van der Waals surface area contributed by atoms with Gasteiger partial charge in [0.2, 0.25) is 0 Å². The molecule has 3 aromatic carbocycles. The zero-order valence-corrected chi connectivity index (χ0v) is 18.3. The molecule has 1 amide bonds. The van der Waals surface area contributed by atoms with E-state index < -0.39 is 0 Å². The summed E-state index contributed by atoms with van der Waals surface area (Å²) < 4.78 is 2.02. The summed E-state index contributed by atoms with van der Waals surface area (Å²) in [6, 6.07) is 26.1. The third-order valence-corrected chi connectivity index (χ3v) is 5.70. The van der Waals surface area contributed by atoms with E-state index in [1.165, 1.54) is 5.56 Å². The largest absolute Gasteiger partial charge is 0.321 e. The van der Waals surface area contributed by atoms with Gasteiger partial charge in [-0.1, -0.05) is 81.4 Å². The van der Waals surface area contributed by atoms with Crippen LogP contribution in [0.1, 0.15) is 48.1 Å². The molecule has 4 aromatic rings. The first-order valence-electron chi connectivity index (χ1n) is 10.7. The van der Waals surface area contributed by atoms with Gasteiger partial charge < -0.3 is 5.32 Å². The van der Waals surface area contributed by atoms with Crippen LogP contribution in [0, 0.1) is 0 Å². The Morgan fingerprint density at radius 2 is 1.47 bits per heavy atom. The molecule has 0 bridgehead atoms. The second-order valence-corrected chi connectivity index (χ2v) is 8.94. The minimum absolute atomic E-state index is 0.0787. The van der Waals surface area contributed by atoms with Gasteiger partial charge in [-0.15, -0.1) is 10.2 Å². The maximum atomic E-state index is 12.4. The number of para-hydroxylation sites is 1. The second kappa shape index (κ2) is 7.61. The predicted molar refractivity (Wildman–Crippen MR) is 127 cm³/mol. The minimum atomic E-state index is -0.101. The van der Waals surface area contributed by atoms with Crippen molar-refractivity contribution in [3.63, 3.8) is 0 Å². The molecule has 0 aliphatic carbocycles. The van der Waals surface area contributed by atoms with E-state index in [2.05, 4.69) is 60.6 Å². The van der Waals surface area contributed by atoms with Crippen molar-refractivity contribution in [1.82, 2.24) is 20.1 Å². The van der Waals surface area contributed by atoms with Gasteiger partial charge in [-0.05, 0) is 29.2 Å². The summed E-state index contributed by atoms with van der Waals surface area (Å²) in [5.74, 6) is 1.30. The fourth-order valence-corrected chi connectivity index (χ4v) is 3.94. The number of hydrogen-bond donors (Lipinski definition) is 1. The van der Waals surface area contributed by atoms with Crippen LogP contribution in [-0.4, -0.2) is 20.7 Å². The van der Waals surface area contributed by atoms with E-state index in [1.54, 1.807) is 0 Å². The van der Waals surface area contributed by atoms with Gasteiger partial charge in [-0.25, -0.2) is 0 Å². The number of aromatic nitrogens is 3. The molecule has 5 heteroatoms. The number of rotatable bonds is 3. The van der Waals surface area contributed by atoms with Crippen molar-refractivity contribution >= 4 is 17.7 Å². The number of amides is 1. The highest BCUT2D eigenvalue weighted by Crippen LogP contribution is 2.30. The molecule has 0 unspecified atom stereocenters. The van der Waals surface area contributed by atoms with Crippen molar-refractivity contribution in [1.29, 1.82) is 0 Å². The third kappa shape index (κ3) is 3.52. The third-order valence-electron chi connectivity index (χ3n) is 5.70. The summed E-state index contributed by atoms with van der Waals surface area (Å²) in [5.41, 5.74) is 5.55. The Hall–Kier alpha value is -3.99. The Kier molecular flexibility index (Phi) is 4.74. The van der Waals surface area contributed by atoms with Crippen LogP contribution in [0.3, 0.4) is 0 Å². The highest BCUT2D eigenvalue weighted by Gasteiger charge is 2.24. The first kappa shape index (κ1) is 19.9. The number of benzene rings is 3. The smallest absolute Gasteiger partial charge is 0.256 e. The molecule has 0 radical (unpaired) electrons. The van der Waals surface area contributed by atoms with Crippen LogP contribution in [0.5, 0.6) is 0 Å². The number of nitrogens with one attached hydrogen (secondary N) is 1. The summed E-state index contributed by atoms with van der Waals surface area (Å²) in [6.07, 6.45) is 1.89. The van der Waals surface area contributed by atoms with Crippen LogP contribution in [0.4, 0.5) is 0 Å². The highest BCUT2D eigenvalue weighted by atomic mass is 16.1. The number of hydrogen-bond acceptors (Lipinski definition) is 3. The zero-order valence-electron chi connectivity index (χ0n) is 18.3. The van der Waals surface area contributed by atoms with E-state index in [4.69, 9.17) is 0 Å². The predicted octanol–water partition coefficient (Wildman–Crippen LogP) is 5.47. The van der Waals surface area contributed by atoms with Crippen molar-refractivity contribution in [2.45, 2.75) is 26.2 Å². The van der Waals surface area contributed by atoms with Gasteiger partial charge in [0, 0.05) is 28.5 Å². The monoisotopic (exact) mass is 420 g/mol. The maximum Gasteiger partial charge on any atom is 0.256 e. The van der Waals surface area contributed by atoms with Gasteiger partial charge in [0.15, 0.2) is 11.6 Å². The SMILES string of the molecule is CC(C)(C)c1ccc(-c2nnc(/C=C3\NC(=O)c4ccccc43)n2-c2ccccc2)cc1. The Morgan fingerprint density at radius 3 is 2.16 bits per heavy atom. The van der Waals surface area contributed by atoms with Crippen LogP contribution >= 0.6 is 0 Å². The maximum absolute atomic E-state index is 12.4. The van der Waals surface area contributed by atoms with Crippen molar-refractivity contribution in [2.24, 2.45) is 0 Å². The lowest BCUT2D eigenvalue weighted by Crippen LogP contribution is -2.12. The summed E-state index contributed by atoms with van der Waals surface area (Å²) in [7, 11) is 0. The number of fused-ring (bicyclic) bond motifs is 1.